The molecule has 0 aliphatic carbocycles. The van der Waals surface area contributed by atoms with Gasteiger partial charge in [-0.25, -0.2) is 0 Å². The minimum absolute atomic E-state index is 0.503. The zero-order valence-corrected chi connectivity index (χ0v) is 8.87. The van der Waals surface area contributed by atoms with Gasteiger partial charge in [-0.2, -0.15) is 0 Å². The molecule has 0 saturated carbocycles. The van der Waals surface area contributed by atoms with E-state index in [1.807, 2.05) is 39.0 Å². The molecule has 0 amide bonds. The summed E-state index contributed by atoms with van der Waals surface area (Å²) in [7, 11) is 0. The minimum Gasteiger partial charge on any atom is -0.360 e. The van der Waals surface area contributed by atoms with E-state index in [1.54, 1.807) is 0 Å². The summed E-state index contributed by atoms with van der Waals surface area (Å²) in [6.07, 6.45) is 0. The largest absolute Gasteiger partial charge is 0.360 e. The van der Waals surface area contributed by atoms with Crippen LogP contribution in [0.4, 0.5) is 0 Å². The average Bonchev–Trinajstić information content (AvgIpc) is 2.64. The van der Waals surface area contributed by atoms with Gasteiger partial charge in [0.25, 0.3) is 0 Å². The lowest BCUT2D eigenvalue weighted by atomic mass is 10.1. The summed E-state index contributed by atoms with van der Waals surface area (Å²) in [6.45, 7) is 6.40. The van der Waals surface area contributed by atoms with Gasteiger partial charge in [-0.1, -0.05) is 31.1 Å². The molecule has 3 heteroatoms. The highest BCUT2D eigenvalue weighted by Gasteiger charge is 2.05. The first kappa shape index (κ1) is 10.7. The third-order valence-corrected chi connectivity index (χ3v) is 1.99. The van der Waals surface area contributed by atoms with E-state index in [9.17, 15) is 0 Å². The highest BCUT2D eigenvalue weighted by Crippen LogP contribution is 2.20. The third kappa shape index (κ3) is 1.77. The second-order valence-corrected chi connectivity index (χ2v) is 2.76. The van der Waals surface area contributed by atoms with Crippen molar-refractivity contribution in [1.29, 1.82) is 0 Å². The van der Waals surface area contributed by atoms with Crippen LogP contribution in [0, 0.1) is 6.92 Å². The van der Waals surface area contributed by atoms with E-state index in [1.165, 1.54) is 0 Å². The number of fused-ring (bicyclic) bond motifs is 1. The molecule has 14 heavy (non-hydrogen) atoms. The quantitative estimate of drug-likeness (QED) is 0.755. The zero-order valence-electron chi connectivity index (χ0n) is 8.87. The summed E-state index contributed by atoms with van der Waals surface area (Å²) in [5.41, 5.74) is 7.46. The maximum atomic E-state index is 5.54. The number of nitrogens with zero attached hydrogens (tertiary/aromatic N) is 1. The fourth-order valence-electron chi connectivity index (χ4n) is 1.31. The normalized spacial score (nSPS) is 9.71. The van der Waals surface area contributed by atoms with E-state index in [2.05, 4.69) is 5.16 Å². The van der Waals surface area contributed by atoms with Gasteiger partial charge in [-0.05, 0) is 18.6 Å². The van der Waals surface area contributed by atoms with E-state index < -0.39 is 0 Å². The Balaban J connectivity index is 0.000000461. The Bertz CT molecular complexity index is 407. The molecule has 2 aromatic rings. The van der Waals surface area contributed by atoms with E-state index in [4.69, 9.17) is 10.3 Å². The van der Waals surface area contributed by atoms with Gasteiger partial charge in [0.05, 0.1) is 0 Å². The Morgan fingerprint density at radius 1 is 1.36 bits per heavy atom. The van der Waals surface area contributed by atoms with Crippen LogP contribution in [0.25, 0.3) is 10.9 Å². The second-order valence-electron chi connectivity index (χ2n) is 2.76. The van der Waals surface area contributed by atoms with Crippen molar-refractivity contribution in [2.24, 2.45) is 5.73 Å². The lowest BCUT2D eigenvalue weighted by Gasteiger charge is -1.94. The predicted molar refractivity (Wildman–Crippen MR) is 58.0 cm³/mol. The number of hydrogen-bond donors (Lipinski definition) is 1. The van der Waals surface area contributed by atoms with Crippen LogP contribution < -0.4 is 5.73 Å². The van der Waals surface area contributed by atoms with Crippen molar-refractivity contribution in [3.05, 3.63) is 29.5 Å². The van der Waals surface area contributed by atoms with Crippen LogP contribution in [0.15, 0.2) is 22.7 Å². The van der Waals surface area contributed by atoms with Crippen molar-refractivity contribution in [2.75, 3.05) is 0 Å². The molecule has 2 N–H and O–H groups in total. The molecule has 1 aromatic carbocycles. The lowest BCUT2D eigenvalue weighted by molar-refractivity contribution is 0.405. The van der Waals surface area contributed by atoms with Crippen LogP contribution >= 0.6 is 0 Å². The Kier molecular flexibility index (Phi) is 3.65. The minimum atomic E-state index is 0.503. The molecular weight excluding hydrogens is 176 g/mol. The standard InChI is InChI=1S/C9H10N2O.C2H6/c1-6-8-4-2-3-7(5-10)9(8)11-12-6;1-2/h2-4H,5,10H2,1H3;1-2H3. The Morgan fingerprint density at radius 2 is 2.07 bits per heavy atom. The lowest BCUT2D eigenvalue weighted by Crippen LogP contribution is -1.96. The molecule has 0 saturated heterocycles. The number of aromatic nitrogens is 1. The summed E-state index contributed by atoms with van der Waals surface area (Å²) >= 11 is 0. The Morgan fingerprint density at radius 3 is 2.71 bits per heavy atom. The van der Waals surface area contributed by atoms with Gasteiger partial charge >= 0.3 is 0 Å². The molecular formula is C11H16N2O. The molecule has 0 atom stereocenters. The van der Waals surface area contributed by atoms with E-state index in [0.717, 1.165) is 22.2 Å². The van der Waals surface area contributed by atoms with Crippen LogP contribution in [-0.2, 0) is 6.54 Å². The Hall–Kier alpha value is -1.35. The zero-order chi connectivity index (χ0) is 10.6. The molecule has 2 rings (SSSR count). The molecule has 0 radical (unpaired) electrons. The number of aryl methyl sites for hydroxylation is 1. The molecule has 3 nitrogen and oxygen atoms in total. The van der Waals surface area contributed by atoms with Crippen LogP contribution in [0.2, 0.25) is 0 Å². The van der Waals surface area contributed by atoms with Gasteiger partial charge < -0.3 is 10.3 Å². The number of benzene rings is 1. The molecule has 1 aromatic heterocycles. The van der Waals surface area contributed by atoms with Crippen LogP contribution in [0.1, 0.15) is 25.2 Å². The van der Waals surface area contributed by atoms with Gasteiger partial charge in [-0.15, -0.1) is 0 Å². The van der Waals surface area contributed by atoms with E-state index in [-0.39, 0.29) is 0 Å². The smallest absolute Gasteiger partial charge is 0.141 e. The monoisotopic (exact) mass is 192 g/mol. The predicted octanol–water partition coefficient (Wildman–Crippen LogP) is 2.62. The molecule has 76 valence electrons. The fourth-order valence-corrected chi connectivity index (χ4v) is 1.31. The average molecular weight is 192 g/mol. The van der Waals surface area contributed by atoms with Crippen LogP contribution in [-0.4, -0.2) is 5.16 Å². The van der Waals surface area contributed by atoms with Gasteiger partial charge in [0.15, 0.2) is 0 Å². The summed E-state index contributed by atoms with van der Waals surface area (Å²) in [4.78, 5) is 0. The highest BCUT2D eigenvalue weighted by atomic mass is 16.5. The van der Waals surface area contributed by atoms with Crippen molar-refractivity contribution < 1.29 is 4.52 Å². The second kappa shape index (κ2) is 4.77. The van der Waals surface area contributed by atoms with Crippen molar-refractivity contribution in [3.8, 4) is 0 Å². The van der Waals surface area contributed by atoms with Crippen molar-refractivity contribution in [1.82, 2.24) is 5.16 Å². The summed E-state index contributed by atoms with van der Waals surface area (Å²) < 4.78 is 5.05. The van der Waals surface area contributed by atoms with E-state index in [0.29, 0.717) is 6.54 Å². The topological polar surface area (TPSA) is 52.0 Å². The van der Waals surface area contributed by atoms with E-state index >= 15 is 0 Å². The SMILES string of the molecule is CC.Cc1onc2c(CN)cccc12. The first-order valence-corrected chi connectivity index (χ1v) is 4.87. The first-order chi connectivity index (χ1) is 6.83. The van der Waals surface area contributed by atoms with Crippen molar-refractivity contribution in [2.45, 2.75) is 27.3 Å². The maximum absolute atomic E-state index is 5.54. The van der Waals surface area contributed by atoms with Crippen molar-refractivity contribution in [3.63, 3.8) is 0 Å². The molecule has 0 unspecified atom stereocenters. The van der Waals surface area contributed by atoms with Gasteiger partial charge in [0.1, 0.15) is 11.3 Å². The van der Waals surface area contributed by atoms with Gasteiger partial charge in [-0.3, -0.25) is 0 Å². The molecule has 0 bridgehead atoms. The first-order valence-electron chi connectivity index (χ1n) is 4.87. The third-order valence-electron chi connectivity index (χ3n) is 1.99. The molecule has 1 heterocycles. The number of hydrogen-bond acceptors (Lipinski definition) is 3. The summed E-state index contributed by atoms with van der Waals surface area (Å²) in [5, 5.41) is 4.99. The maximum Gasteiger partial charge on any atom is 0.141 e. The Labute approximate surface area is 83.9 Å². The highest BCUT2D eigenvalue weighted by molar-refractivity contribution is 5.83. The summed E-state index contributed by atoms with van der Waals surface area (Å²) in [6, 6.07) is 5.92. The molecule has 0 aliphatic heterocycles. The molecule has 0 spiro atoms. The number of rotatable bonds is 1. The molecule has 0 aliphatic rings. The van der Waals surface area contributed by atoms with Gasteiger partial charge in [0, 0.05) is 11.9 Å². The van der Waals surface area contributed by atoms with Crippen LogP contribution in [0.5, 0.6) is 0 Å². The summed E-state index contributed by atoms with van der Waals surface area (Å²) in [5.74, 6) is 0.848. The fraction of sp³-hybridized carbons (Fsp3) is 0.364. The number of nitrogens with two attached hydrogens (primary N) is 1. The van der Waals surface area contributed by atoms with Crippen molar-refractivity contribution >= 4 is 10.9 Å². The molecule has 0 fully saturated rings. The van der Waals surface area contributed by atoms with Crippen LogP contribution in [0.3, 0.4) is 0 Å². The van der Waals surface area contributed by atoms with Gasteiger partial charge in [0.2, 0.25) is 0 Å².